The maximum atomic E-state index is 14.3. The van der Waals surface area contributed by atoms with E-state index in [0.29, 0.717) is 18.1 Å². The van der Waals surface area contributed by atoms with Crippen LogP contribution in [0, 0.1) is 12.7 Å². The van der Waals surface area contributed by atoms with Crippen molar-refractivity contribution in [3.63, 3.8) is 0 Å². The molecule has 2 atom stereocenters. The van der Waals surface area contributed by atoms with Crippen molar-refractivity contribution in [1.82, 2.24) is 9.55 Å². The van der Waals surface area contributed by atoms with Crippen LogP contribution >= 0.6 is 0 Å². The summed E-state index contributed by atoms with van der Waals surface area (Å²) in [6, 6.07) is 21.7. The maximum Gasteiger partial charge on any atom is 0.227 e. The van der Waals surface area contributed by atoms with Crippen LogP contribution in [-0.4, -0.2) is 39.8 Å². The molecule has 7 heteroatoms. The van der Waals surface area contributed by atoms with Gasteiger partial charge in [-0.05, 0) is 43.3 Å². The third-order valence-corrected chi connectivity index (χ3v) is 6.17. The van der Waals surface area contributed by atoms with Gasteiger partial charge in [-0.1, -0.05) is 42.0 Å². The Kier molecular flexibility index (Phi) is 6.02. The number of halogens is 1. The second kappa shape index (κ2) is 9.27. The summed E-state index contributed by atoms with van der Waals surface area (Å²) in [4.78, 5) is 19.1. The molecule has 1 aromatic heterocycles. The van der Waals surface area contributed by atoms with E-state index in [4.69, 9.17) is 9.72 Å². The van der Waals surface area contributed by atoms with Crippen LogP contribution in [0.4, 0.5) is 10.1 Å². The number of benzene rings is 3. The van der Waals surface area contributed by atoms with Crippen LogP contribution in [-0.2, 0) is 11.3 Å². The third kappa shape index (κ3) is 4.39. The van der Waals surface area contributed by atoms with Gasteiger partial charge < -0.3 is 19.3 Å². The van der Waals surface area contributed by atoms with Crippen LogP contribution < -0.4 is 9.64 Å². The van der Waals surface area contributed by atoms with Crippen molar-refractivity contribution in [2.24, 2.45) is 0 Å². The molecular formula is C27H26FN3O3. The molecule has 0 radical (unpaired) electrons. The second-order valence-electron chi connectivity index (χ2n) is 8.70. The van der Waals surface area contributed by atoms with Crippen LogP contribution in [0.1, 0.15) is 23.7 Å². The van der Waals surface area contributed by atoms with E-state index in [1.807, 2.05) is 60.0 Å². The number of ether oxygens (including phenoxy) is 1. The van der Waals surface area contributed by atoms with Crippen LogP contribution in [0.2, 0.25) is 0 Å². The van der Waals surface area contributed by atoms with E-state index in [-0.39, 0.29) is 37.1 Å². The van der Waals surface area contributed by atoms with E-state index in [2.05, 4.69) is 0 Å². The summed E-state index contributed by atoms with van der Waals surface area (Å²) in [5, 5.41) is 10.8. The first-order valence-electron chi connectivity index (χ1n) is 11.4. The molecule has 34 heavy (non-hydrogen) atoms. The van der Waals surface area contributed by atoms with E-state index >= 15 is 0 Å². The molecule has 1 saturated heterocycles. The summed E-state index contributed by atoms with van der Waals surface area (Å²) >= 11 is 0. The number of fused-ring (bicyclic) bond motifs is 1. The summed E-state index contributed by atoms with van der Waals surface area (Å²) < 4.78 is 22.1. The van der Waals surface area contributed by atoms with Gasteiger partial charge in [-0.25, -0.2) is 9.37 Å². The number of amides is 1. The van der Waals surface area contributed by atoms with Gasteiger partial charge in [-0.15, -0.1) is 0 Å². The van der Waals surface area contributed by atoms with Gasteiger partial charge >= 0.3 is 0 Å². The first-order valence-corrected chi connectivity index (χ1v) is 11.4. The molecule has 2 heterocycles. The maximum absolute atomic E-state index is 14.3. The van der Waals surface area contributed by atoms with Gasteiger partial charge in [0.05, 0.1) is 23.3 Å². The summed E-state index contributed by atoms with van der Waals surface area (Å²) in [7, 11) is 0. The topological polar surface area (TPSA) is 67.6 Å². The lowest BCUT2D eigenvalue weighted by Gasteiger charge is -2.19. The first kappa shape index (κ1) is 22.1. The van der Waals surface area contributed by atoms with E-state index in [0.717, 1.165) is 16.6 Å². The van der Waals surface area contributed by atoms with Crippen molar-refractivity contribution in [2.75, 3.05) is 18.1 Å². The number of rotatable bonds is 7. The molecule has 1 fully saturated rings. The Labute approximate surface area is 197 Å². The van der Waals surface area contributed by atoms with Crippen molar-refractivity contribution in [3.05, 3.63) is 90.0 Å². The van der Waals surface area contributed by atoms with Gasteiger partial charge in [0.25, 0.3) is 0 Å². The number of anilines is 1. The largest absolute Gasteiger partial charge is 0.491 e. The Hall–Kier alpha value is -3.71. The fourth-order valence-corrected chi connectivity index (χ4v) is 4.47. The van der Waals surface area contributed by atoms with Crippen molar-refractivity contribution >= 4 is 22.6 Å². The van der Waals surface area contributed by atoms with Crippen molar-refractivity contribution in [2.45, 2.75) is 31.9 Å². The second-order valence-corrected chi connectivity index (χ2v) is 8.70. The highest BCUT2D eigenvalue weighted by Crippen LogP contribution is 2.34. The third-order valence-electron chi connectivity index (χ3n) is 6.17. The number of aromatic nitrogens is 2. The molecule has 3 aromatic carbocycles. The fourth-order valence-electron chi connectivity index (χ4n) is 4.47. The highest BCUT2D eigenvalue weighted by Gasteiger charge is 2.36. The van der Waals surface area contributed by atoms with Crippen LogP contribution in [0.25, 0.3) is 11.0 Å². The van der Waals surface area contributed by atoms with Gasteiger partial charge in [0.1, 0.15) is 30.1 Å². The minimum atomic E-state index is -0.780. The average molecular weight is 460 g/mol. The minimum absolute atomic E-state index is 0.125. The Balaban J connectivity index is 1.38. The van der Waals surface area contributed by atoms with E-state index in [1.54, 1.807) is 18.2 Å². The number of carbonyl (C=O) groups excluding carboxylic acids is 1. The summed E-state index contributed by atoms with van der Waals surface area (Å²) in [6.45, 7) is 2.73. The molecular weight excluding hydrogens is 433 g/mol. The molecule has 1 N–H and O–H groups in total. The summed E-state index contributed by atoms with van der Waals surface area (Å²) in [6.07, 6.45) is -0.550. The molecule has 1 aliphatic rings. The van der Waals surface area contributed by atoms with Crippen molar-refractivity contribution in [1.29, 1.82) is 0 Å². The predicted octanol–water partition coefficient (Wildman–Crippen LogP) is 4.44. The number of aliphatic hydroxyl groups excluding tert-OH is 1. The number of carbonyl (C=O) groups is 1. The molecule has 6 nitrogen and oxygen atoms in total. The standard InChI is InChI=1S/C27H26FN3O3/c1-18-10-12-21(13-11-18)34-17-20(32)16-31-25-9-5-3-7-23(25)29-27(31)19-14-26(33)30(15-19)24-8-4-2-6-22(24)28/h2-13,19-20,32H,14-17H2,1H3/t19-,20-/m1/s1. The molecule has 1 amide bonds. The number of hydrogen-bond donors (Lipinski definition) is 1. The number of para-hydroxylation sites is 3. The minimum Gasteiger partial charge on any atom is -0.491 e. The van der Waals surface area contributed by atoms with E-state index in [1.165, 1.54) is 11.0 Å². The number of imidazole rings is 1. The number of aliphatic hydroxyl groups is 1. The van der Waals surface area contributed by atoms with E-state index in [9.17, 15) is 14.3 Å². The van der Waals surface area contributed by atoms with Gasteiger partial charge in [-0.2, -0.15) is 0 Å². The number of hydrogen-bond acceptors (Lipinski definition) is 4. The molecule has 0 saturated carbocycles. The molecule has 0 unspecified atom stereocenters. The number of nitrogens with zero attached hydrogens (tertiary/aromatic N) is 3. The zero-order chi connectivity index (χ0) is 23.7. The quantitative estimate of drug-likeness (QED) is 0.444. The number of aryl methyl sites for hydroxylation is 1. The van der Waals surface area contributed by atoms with Crippen LogP contribution in [0.3, 0.4) is 0 Å². The zero-order valence-electron chi connectivity index (χ0n) is 18.9. The van der Waals surface area contributed by atoms with Crippen LogP contribution in [0.15, 0.2) is 72.8 Å². The van der Waals surface area contributed by atoms with Crippen molar-refractivity contribution < 1.29 is 19.0 Å². The highest BCUT2D eigenvalue weighted by atomic mass is 19.1. The molecule has 0 spiro atoms. The van der Waals surface area contributed by atoms with Gasteiger partial charge in [0, 0.05) is 18.9 Å². The van der Waals surface area contributed by atoms with Gasteiger partial charge in [0.15, 0.2) is 0 Å². The lowest BCUT2D eigenvalue weighted by molar-refractivity contribution is -0.117. The lowest BCUT2D eigenvalue weighted by atomic mass is 10.1. The Morgan fingerprint density at radius 3 is 2.62 bits per heavy atom. The van der Waals surface area contributed by atoms with Crippen molar-refractivity contribution in [3.8, 4) is 5.75 Å². The van der Waals surface area contributed by atoms with Gasteiger partial charge in [-0.3, -0.25) is 4.79 Å². The molecule has 0 bridgehead atoms. The zero-order valence-corrected chi connectivity index (χ0v) is 18.9. The van der Waals surface area contributed by atoms with E-state index < -0.39 is 11.9 Å². The monoisotopic (exact) mass is 459 g/mol. The molecule has 4 aromatic rings. The SMILES string of the molecule is Cc1ccc(OC[C@H](O)Cn2c([C@@H]3CC(=O)N(c4ccccc4F)C3)nc3ccccc32)cc1. The van der Waals surface area contributed by atoms with Crippen LogP contribution in [0.5, 0.6) is 5.75 Å². The summed E-state index contributed by atoms with van der Waals surface area (Å²) in [5.41, 5.74) is 3.09. The smallest absolute Gasteiger partial charge is 0.227 e. The lowest BCUT2D eigenvalue weighted by Crippen LogP contribution is -2.27. The molecule has 1 aliphatic heterocycles. The molecule has 5 rings (SSSR count). The predicted molar refractivity (Wildman–Crippen MR) is 129 cm³/mol. The Morgan fingerprint density at radius 2 is 1.82 bits per heavy atom. The Bertz CT molecular complexity index is 1320. The molecule has 0 aliphatic carbocycles. The normalized spacial score (nSPS) is 16.9. The average Bonchev–Trinajstić information content (AvgIpc) is 3.39. The summed E-state index contributed by atoms with van der Waals surface area (Å²) in [5.74, 6) is 0.625. The first-order chi connectivity index (χ1) is 16.5. The Morgan fingerprint density at radius 1 is 1.09 bits per heavy atom. The fraction of sp³-hybridized carbons (Fsp3) is 0.259. The van der Waals surface area contributed by atoms with Gasteiger partial charge in [0.2, 0.25) is 5.91 Å². The molecule has 174 valence electrons. The highest BCUT2D eigenvalue weighted by molar-refractivity contribution is 5.96.